The Bertz CT molecular complexity index is 794. The van der Waals surface area contributed by atoms with Gasteiger partial charge in [0.15, 0.2) is 0 Å². The van der Waals surface area contributed by atoms with Crippen LogP contribution in [0.2, 0.25) is 0 Å². The molecule has 1 N–H and O–H groups in total. The third-order valence-corrected chi connectivity index (χ3v) is 5.67. The fourth-order valence-corrected chi connectivity index (χ4v) is 4.41. The number of amides is 1. The summed E-state index contributed by atoms with van der Waals surface area (Å²) < 4.78 is 4.83. The van der Waals surface area contributed by atoms with Crippen LogP contribution >= 0.6 is 11.3 Å². The summed E-state index contributed by atoms with van der Waals surface area (Å²) in [7, 11) is 1.35. The Hall–Kier alpha value is -2.14. The zero-order valence-corrected chi connectivity index (χ0v) is 15.6. The molecule has 1 heterocycles. The molecule has 25 heavy (non-hydrogen) atoms. The first-order valence-corrected chi connectivity index (χ1v) is 9.41. The lowest BCUT2D eigenvalue weighted by Gasteiger charge is -2.17. The minimum absolute atomic E-state index is 0.201. The minimum atomic E-state index is -0.607. The number of hydrogen-bond acceptors (Lipinski definition) is 4. The van der Waals surface area contributed by atoms with Gasteiger partial charge in [-0.1, -0.05) is 38.1 Å². The van der Waals surface area contributed by atoms with Gasteiger partial charge in [-0.3, -0.25) is 4.79 Å². The van der Waals surface area contributed by atoms with Crippen molar-refractivity contribution in [3.63, 3.8) is 0 Å². The molecule has 1 aliphatic rings. The van der Waals surface area contributed by atoms with Crippen LogP contribution in [0, 0.1) is 5.92 Å². The zero-order valence-electron chi connectivity index (χ0n) is 14.8. The first kappa shape index (κ1) is 17.7. The first-order chi connectivity index (χ1) is 12.0. The van der Waals surface area contributed by atoms with Gasteiger partial charge in [0.1, 0.15) is 6.04 Å². The fraction of sp³-hybridized carbons (Fsp3) is 0.400. The molecular weight excluding hydrogens is 334 g/mol. The molecule has 1 atom stereocenters. The largest absolute Gasteiger partial charge is 0.467 e. The number of carbonyl (C=O) groups excluding carboxylic acids is 2. The minimum Gasteiger partial charge on any atom is -0.467 e. The Morgan fingerprint density at radius 1 is 1.20 bits per heavy atom. The summed E-state index contributed by atoms with van der Waals surface area (Å²) in [5.41, 5.74) is 3.77. The average Bonchev–Trinajstić information content (AvgIpc) is 3.05. The van der Waals surface area contributed by atoms with Gasteiger partial charge in [0.2, 0.25) is 0 Å². The van der Waals surface area contributed by atoms with Gasteiger partial charge >= 0.3 is 5.97 Å². The van der Waals surface area contributed by atoms with Crippen LogP contribution in [-0.2, 0) is 22.4 Å². The molecule has 1 unspecified atom stereocenters. The van der Waals surface area contributed by atoms with Crippen molar-refractivity contribution in [2.75, 3.05) is 7.11 Å². The van der Waals surface area contributed by atoms with E-state index in [1.54, 1.807) is 0 Å². The molecule has 1 aromatic heterocycles. The van der Waals surface area contributed by atoms with Gasteiger partial charge in [-0.2, -0.15) is 0 Å². The molecule has 0 fully saturated rings. The van der Waals surface area contributed by atoms with Crippen LogP contribution in [0.15, 0.2) is 30.3 Å². The van der Waals surface area contributed by atoms with Crippen LogP contribution in [0.5, 0.6) is 0 Å². The van der Waals surface area contributed by atoms with E-state index in [1.165, 1.54) is 40.0 Å². The van der Waals surface area contributed by atoms with E-state index < -0.39 is 12.0 Å². The van der Waals surface area contributed by atoms with E-state index in [0.29, 0.717) is 11.3 Å². The number of esters is 1. The number of benzene rings is 1. The van der Waals surface area contributed by atoms with Gasteiger partial charge in [-0.25, -0.2) is 4.79 Å². The second-order valence-electron chi connectivity index (χ2n) is 6.80. The van der Waals surface area contributed by atoms with Crippen LogP contribution in [0.3, 0.4) is 0 Å². The molecule has 0 bridgehead atoms. The summed E-state index contributed by atoms with van der Waals surface area (Å²) in [6, 6.07) is 9.70. The third kappa shape index (κ3) is 3.76. The number of aryl methyl sites for hydroxylation is 2. The van der Waals surface area contributed by atoms with Gasteiger partial charge in [-0.15, -0.1) is 11.3 Å². The number of rotatable bonds is 5. The number of thiophene rings is 1. The van der Waals surface area contributed by atoms with E-state index in [0.717, 1.165) is 12.8 Å². The molecule has 1 aliphatic carbocycles. The molecule has 5 heteroatoms. The lowest BCUT2D eigenvalue weighted by molar-refractivity contribution is -0.143. The maximum atomic E-state index is 12.7. The van der Waals surface area contributed by atoms with Crippen molar-refractivity contribution < 1.29 is 14.3 Å². The van der Waals surface area contributed by atoms with Gasteiger partial charge in [0.25, 0.3) is 5.91 Å². The number of carbonyl (C=O) groups is 2. The maximum absolute atomic E-state index is 12.7. The molecule has 4 nitrogen and oxygen atoms in total. The number of nitrogens with one attached hydrogen (secondary N) is 1. The Morgan fingerprint density at radius 2 is 1.92 bits per heavy atom. The van der Waals surface area contributed by atoms with Crippen molar-refractivity contribution in [2.24, 2.45) is 5.92 Å². The van der Waals surface area contributed by atoms with E-state index in [4.69, 9.17) is 4.74 Å². The normalized spacial score (nSPS) is 13.8. The summed E-state index contributed by atoms with van der Waals surface area (Å²) in [6.45, 7) is 4.03. The Labute approximate surface area is 152 Å². The summed E-state index contributed by atoms with van der Waals surface area (Å²) in [6.07, 6.45) is 2.51. The Morgan fingerprint density at radius 3 is 2.64 bits per heavy atom. The molecule has 0 spiro atoms. The molecule has 2 aromatic rings. The van der Waals surface area contributed by atoms with Crippen LogP contribution in [-0.4, -0.2) is 25.0 Å². The van der Waals surface area contributed by atoms with Crippen molar-refractivity contribution in [3.05, 3.63) is 46.3 Å². The number of methoxy groups -OCH3 is 1. The highest BCUT2D eigenvalue weighted by Gasteiger charge is 2.26. The third-order valence-electron chi connectivity index (χ3n) is 4.46. The molecule has 0 radical (unpaired) electrons. The van der Waals surface area contributed by atoms with Crippen molar-refractivity contribution in [1.82, 2.24) is 5.32 Å². The molecule has 1 amide bonds. The highest BCUT2D eigenvalue weighted by atomic mass is 32.1. The van der Waals surface area contributed by atoms with Gasteiger partial charge in [0, 0.05) is 4.88 Å². The summed E-state index contributed by atoms with van der Waals surface area (Å²) in [5, 5.41) is 2.85. The summed E-state index contributed by atoms with van der Waals surface area (Å²) >= 11 is 1.50. The maximum Gasteiger partial charge on any atom is 0.328 e. The van der Waals surface area contributed by atoms with E-state index in [-0.39, 0.29) is 11.8 Å². The Kier molecular flexibility index (Phi) is 5.23. The highest BCUT2D eigenvalue weighted by molar-refractivity contribution is 7.17. The zero-order chi connectivity index (χ0) is 18.0. The van der Waals surface area contributed by atoms with Crippen molar-refractivity contribution in [3.8, 4) is 10.4 Å². The van der Waals surface area contributed by atoms with Crippen LogP contribution in [0.25, 0.3) is 10.4 Å². The van der Waals surface area contributed by atoms with Gasteiger partial charge < -0.3 is 10.1 Å². The molecule has 132 valence electrons. The lowest BCUT2D eigenvalue weighted by atomic mass is 9.91. The van der Waals surface area contributed by atoms with Gasteiger partial charge in [-0.05, 0) is 47.9 Å². The van der Waals surface area contributed by atoms with Crippen molar-refractivity contribution in [1.29, 1.82) is 0 Å². The predicted molar refractivity (Wildman–Crippen MR) is 99.9 cm³/mol. The number of ether oxygens (including phenoxy) is 1. The highest BCUT2D eigenvalue weighted by Crippen LogP contribution is 2.39. The van der Waals surface area contributed by atoms with Crippen molar-refractivity contribution >= 4 is 23.2 Å². The second kappa shape index (κ2) is 7.40. The van der Waals surface area contributed by atoms with Crippen LogP contribution < -0.4 is 5.32 Å². The summed E-state index contributed by atoms with van der Waals surface area (Å²) in [5.74, 6) is -0.311. The number of fused-ring (bicyclic) bond motifs is 3. The SMILES string of the molecule is COC(=O)C(CC(C)C)NC(=O)c1cc2c(s1)-c1ccccc1CC2. The first-order valence-electron chi connectivity index (χ1n) is 8.59. The quantitative estimate of drug-likeness (QED) is 0.828. The molecule has 0 aliphatic heterocycles. The van der Waals surface area contributed by atoms with Crippen molar-refractivity contribution in [2.45, 2.75) is 39.2 Å². The van der Waals surface area contributed by atoms with E-state index in [1.807, 2.05) is 26.0 Å². The van der Waals surface area contributed by atoms with E-state index >= 15 is 0 Å². The molecule has 0 saturated carbocycles. The predicted octanol–water partition coefficient (Wildman–Crippen LogP) is 3.83. The lowest BCUT2D eigenvalue weighted by Crippen LogP contribution is -2.42. The topological polar surface area (TPSA) is 55.4 Å². The fourth-order valence-electron chi connectivity index (χ4n) is 3.24. The molecule has 1 aromatic carbocycles. The standard InChI is InChI=1S/C20H23NO3S/c1-12(2)10-16(20(23)24-3)21-19(22)17-11-14-9-8-13-6-4-5-7-15(13)18(14)25-17/h4-7,11-12,16H,8-10H2,1-3H3,(H,21,22). The summed E-state index contributed by atoms with van der Waals surface area (Å²) in [4.78, 5) is 26.4. The molecular formula is C20H23NO3S. The second-order valence-corrected chi connectivity index (χ2v) is 7.85. The smallest absolute Gasteiger partial charge is 0.328 e. The van der Waals surface area contributed by atoms with E-state index in [9.17, 15) is 9.59 Å². The monoisotopic (exact) mass is 357 g/mol. The molecule has 3 rings (SSSR count). The number of hydrogen-bond donors (Lipinski definition) is 1. The Balaban J connectivity index is 1.82. The average molecular weight is 357 g/mol. The van der Waals surface area contributed by atoms with E-state index in [2.05, 4.69) is 23.5 Å². The van der Waals surface area contributed by atoms with Crippen LogP contribution in [0.1, 0.15) is 41.1 Å². The van der Waals surface area contributed by atoms with Gasteiger partial charge in [0.05, 0.1) is 12.0 Å². The van der Waals surface area contributed by atoms with Crippen LogP contribution in [0.4, 0.5) is 0 Å². The molecule has 0 saturated heterocycles.